The zero-order valence-electron chi connectivity index (χ0n) is 12.9. The van der Waals surface area contributed by atoms with E-state index in [4.69, 9.17) is 0 Å². The van der Waals surface area contributed by atoms with Gasteiger partial charge in [-0.3, -0.25) is 4.79 Å². The van der Waals surface area contributed by atoms with Crippen LogP contribution in [0.1, 0.15) is 23.6 Å². The lowest BCUT2D eigenvalue weighted by Gasteiger charge is -2.14. The molecule has 0 aromatic heterocycles. The van der Waals surface area contributed by atoms with Gasteiger partial charge in [-0.15, -0.1) is 0 Å². The molecule has 0 spiro atoms. The summed E-state index contributed by atoms with van der Waals surface area (Å²) in [6, 6.07) is 14.0. The van der Waals surface area contributed by atoms with Crippen LogP contribution in [0.4, 0.5) is 11.4 Å². The highest BCUT2D eigenvalue weighted by Gasteiger charge is 2.07. The first-order valence-corrected chi connectivity index (χ1v) is 7.29. The number of amides is 1. The zero-order valence-corrected chi connectivity index (χ0v) is 12.9. The van der Waals surface area contributed by atoms with Gasteiger partial charge in [-0.05, 0) is 43.0 Å². The van der Waals surface area contributed by atoms with Crippen LogP contribution in [0.2, 0.25) is 0 Å². The fraction of sp³-hybridized carbons (Fsp3) is 0.278. The third kappa shape index (κ3) is 3.85. The normalized spacial score (nSPS) is 10.2. The Bertz CT molecular complexity index is 635. The van der Waals surface area contributed by atoms with Crippen molar-refractivity contribution in [3.63, 3.8) is 0 Å². The molecule has 1 amide bonds. The predicted octanol–water partition coefficient (Wildman–Crippen LogP) is 3.92. The maximum atomic E-state index is 12.1. The van der Waals surface area contributed by atoms with Crippen molar-refractivity contribution < 1.29 is 4.79 Å². The zero-order chi connectivity index (χ0) is 15.2. The molecule has 0 atom stereocenters. The van der Waals surface area contributed by atoms with Crippen molar-refractivity contribution in [2.45, 2.75) is 27.2 Å². The average molecular weight is 282 g/mol. The summed E-state index contributed by atoms with van der Waals surface area (Å²) in [4.78, 5) is 12.1. The van der Waals surface area contributed by atoms with Crippen molar-refractivity contribution in [2.75, 3.05) is 17.2 Å². The highest BCUT2D eigenvalue weighted by molar-refractivity contribution is 5.94. The van der Waals surface area contributed by atoms with Crippen LogP contribution in [0.25, 0.3) is 0 Å². The SMILES string of the molecule is CCc1cccc(C)c1NCC(=O)Nc1ccccc1C. The number of benzene rings is 2. The summed E-state index contributed by atoms with van der Waals surface area (Å²) in [5, 5.41) is 6.20. The Balaban J connectivity index is 2.01. The Morgan fingerprint density at radius 3 is 2.43 bits per heavy atom. The maximum absolute atomic E-state index is 12.1. The van der Waals surface area contributed by atoms with Gasteiger partial charge in [0.1, 0.15) is 0 Å². The second kappa shape index (κ2) is 6.93. The van der Waals surface area contributed by atoms with Gasteiger partial charge < -0.3 is 10.6 Å². The van der Waals surface area contributed by atoms with Crippen molar-refractivity contribution in [3.05, 3.63) is 59.2 Å². The lowest BCUT2D eigenvalue weighted by molar-refractivity contribution is -0.114. The lowest BCUT2D eigenvalue weighted by Crippen LogP contribution is -2.23. The van der Waals surface area contributed by atoms with Gasteiger partial charge in [0.2, 0.25) is 5.91 Å². The quantitative estimate of drug-likeness (QED) is 0.872. The van der Waals surface area contributed by atoms with Gasteiger partial charge in [-0.25, -0.2) is 0 Å². The third-order valence-corrected chi connectivity index (χ3v) is 3.58. The monoisotopic (exact) mass is 282 g/mol. The van der Waals surface area contributed by atoms with E-state index in [2.05, 4.69) is 36.6 Å². The number of hydrogen-bond donors (Lipinski definition) is 2. The fourth-order valence-corrected chi connectivity index (χ4v) is 2.35. The van der Waals surface area contributed by atoms with Crippen molar-refractivity contribution >= 4 is 17.3 Å². The first kappa shape index (κ1) is 15.1. The van der Waals surface area contributed by atoms with Crippen LogP contribution in [0.15, 0.2) is 42.5 Å². The summed E-state index contributed by atoms with van der Waals surface area (Å²) >= 11 is 0. The second-order valence-corrected chi connectivity index (χ2v) is 5.18. The largest absolute Gasteiger partial charge is 0.376 e. The van der Waals surface area contributed by atoms with Crippen molar-refractivity contribution in [2.24, 2.45) is 0 Å². The van der Waals surface area contributed by atoms with Crippen molar-refractivity contribution in [1.82, 2.24) is 0 Å². The number of rotatable bonds is 5. The molecule has 0 unspecified atom stereocenters. The topological polar surface area (TPSA) is 41.1 Å². The summed E-state index contributed by atoms with van der Waals surface area (Å²) in [5.74, 6) is -0.0328. The van der Waals surface area contributed by atoms with Crippen molar-refractivity contribution in [3.8, 4) is 0 Å². The molecule has 2 aromatic rings. The van der Waals surface area contributed by atoms with E-state index in [9.17, 15) is 4.79 Å². The van der Waals surface area contributed by atoms with Crippen LogP contribution in [-0.4, -0.2) is 12.5 Å². The van der Waals surface area contributed by atoms with E-state index in [1.165, 1.54) is 5.56 Å². The molecule has 0 bridgehead atoms. The molecular formula is C18H22N2O. The highest BCUT2D eigenvalue weighted by atomic mass is 16.1. The van der Waals surface area contributed by atoms with E-state index in [-0.39, 0.29) is 12.5 Å². The van der Waals surface area contributed by atoms with Gasteiger partial charge in [0.25, 0.3) is 0 Å². The van der Waals surface area contributed by atoms with E-state index in [0.29, 0.717) is 0 Å². The first-order valence-electron chi connectivity index (χ1n) is 7.29. The molecule has 2 rings (SSSR count). The number of aryl methyl sites for hydroxylation is 3. The van der Waals surface area contributed by atoms with Crippen LogP contribution in [0.3, 0.4) is 0 Å². The minimum atomic E-state index is -0.0328. The summed E-state index contributed by atoms with van der Waals surface area (Å²) < 4.78 is 0. The molecule has 0 heterocycles. The molecule has 21 heavy (non-hydrogen) atoms. The first-order chi connectivity index (χ1) is 10.1. The molecule has 0 aliphatic carbocycles. The van der Waals surface area contributed by atoms with Crippen LogP contribution in [0, 0.1) is 13.8 Å². The molecule has 0 saturated heterocycles. The Morgan fingerprint density at radius 2 is 1.71 bits per heavy atom. The Labute approximate surface area is 126 Å². The molecule has 0 radical (unpaired) electrons. The molecule has 110 valence electrons. The predicted molar refractivity (Wildman–Crippen MR) is 88.9 cm³/mol. The summed E-state index contributed by atoms with van der Waals surface area (Å²) in [6.07, 6.45) is 0.948. The van der Waals surface area contributed by atoms with Gasteiger partial charge in [0, 0.05) is 11.4 Å². The van der Waals surface area contributed by atoms with Gasteiger partial charge in [-0.2, -0.15) is 0 Å². The molecule has 0 aliphatic rings. The molecule has 3 heteroatoms. The third-order valence-electron chi connectivity index (χ3n) is 3.58. The summed E-state index contributed by atoms with van der Waals surface area (Å²) in [7, 11) is 0. The minimum Gasteiger partial charge on any atom is -0.376 e. The standard InChI is InChI=1S/C18H22N2O/c1-4-15-10-7-9-14(3)18(15)19-12-17(21)20-16-11-6-5-8-13(16)2/h5-11,19H,4,12H2,1-3H3,(H,20,21). The lowest BCUT2D eigenvalue weighted by atomic mass is 10.1. The minimum absolute atomic E-state index is 0.0328. The van der Waals surface area contributed by atoms with Gasteiger partial charge in [0.05, 0.1) is 6.54 Å². The van der Waals surface area contributed by atoms with Gasteiger partial charge >= 0.3 is 0 Å². The van der Waals surface area contributed by atoms with E-state index in [1.54, 1.807) is 0 Å². The number of hydrogen-bond acceptors (Lipinski definition) is 2. The molecular weight excluding hydrogens is 260 g/mol. The van der Waals surface area contributed by atoms with Crippen LogP contribution >= 0.6 is 0 Å². The van der Waals surface area contributed by atoms with Crippen LogP contribution < -0.4 is 10.6 Å². The van der Waals surface area contributed by atoms with Gasteiger partial charge in [-0.1, -0.05) is 43.3 Å². The molecule has 2 N–H and O–H groups in total. The van der Waals surface area contributed by atoms with Crippen LogP contribution in [0.5, 0.6) is 0 Å². The highest BCUT2D eigenvalue weighted by Crippen LogP contribution is 2.21. The average Bonchev–Trinajstić information content (AvgIpc) is 2.48. The number of para-hydroxylation sites is 2. The molecule has 2 aromatic carbocycles. The number of anilines is 2. The van der Waals surface area contributed by atoms with Crippen molar-refractivity contribution in [1.29, 1.82) is 0 Å². The van der Waals surface area contributed by atoms with Crippen LogP contribution in [-0.2, 0) is 11.2 Å². The smallest absolute Gasteiger partial charge is 0.243 e. The molecule has 0 aliphatic heterocycles. The number of nitrogens with one attached hydrogen (secondary N) is 2. The summed E-state index contributed by atoms with van der Waals surface area (Å²) in [5.41, 5.74) is 5.40. The van der Waals surface area contributed by atoms with Gasteiger partial charge in [0.15, 0.2) is 0 Å². The molecule has 0 fully saturated rings. The Morgan fingerprint density at radius 1 is 1.00 bits per heavy atom. The molecule has 0 saturated carbocycles. The maximum Gasteiger partial charge on any atom is 0.243 e. The summed E-state index contributed by atoms with van der Waals surface area (Å²) in [6.45, 7) is 6.43. The van der Waals surface area contributed by atoms with E-state index in [1.807, 2.05) is 37.3 Å². The number of carbonyl (C=O) groups excluding carboxylic acids is 1. The van der Waals surface area contributed by atoms with E-state index >= 15 is 0 Å². The Kier molecular flexibility index (Phi) is 4.99. The van der Waals surface area contributed by atoms with E-state index < -0.39 is 0 Å². The van der Waals surface area contributed by atoms with E-state index in [0.717, 1.165) is 28.9 Å². The Hall–Kier alpha value is -2.29. The fourth-order valence-electron chi connectivity index (χ4n) is 2.35. The molecule has 3 nitrogen and oxygen atoms in total. The number of carbonyl (C=O) groups is 1. The second-order valence-electron chi connectivity index (χ2n) is 5.18.